The maximum atomic E-state index is 11.8. The van der Waals surface area contributed by atoms with Crippen LogP contribution >= 0.6 is 0 Å². The van der Waals surface area contributed by atoms with Crippen molar-refractivity contribution >= 4 is 5.91 Å². The summed E-state index contributed by atoms with van der Waals surface area (Å²) in [6, 6.07) is 0.455. The van der Waals surface area contributed by atoms with Gasteiger partial charge in [-0.2, -0.15) is 0 Å². The fourth-order valence-corrected chi connectivity index (χ4v) is 2.62. The van der Waals surface area contributed by atoms with Gasteiger partial charge in [-0.15, -0.1) is 6.58 Å². The summed E-state index contributed by atoms with van der Waals surface area (Å²) in [7, 11) is 0. The second-order valence-electron chi connectivity index (χ2n) is 4.21. The van der Waals surface area contributed by atoms with Gasteiger partial charge < -0.3 is 10.2 Å². The minimum atomic E-state index is 0.249. The van der Waals surface area contributed by atoms with Crippen LogP contribution in [0.3, 0.4) is 0 Å². The molecule has 2 rings (SSSR count). The van der Waals surface area contributed by atoms with Crippen LogP contribution in [0.2, 0.25) is 0 Å². The first-order valence-corrected chi connectivity index (χ1v) is 5.44. The maximum absolute atomic E-state index is 11.8. The van der Waals surface area contributed by atoms with Crippen LogP contribution in [0.4, 0.5) is 0 Å². The third-order valence-corrected chi connectivity index (χ3v) is 3.32. The third-order valence-electron chi connectivity index (χ3n) is 3.32. The maximum Gasteiger partial charge on any atom is 0.226 e. The highest BCUT2D eigenvalue weighted by molar-refractivity contribution is 5.78. The first-order chi connectivity index (χ1) is 6.83. The minimum absolute atomic E-state index is 0.249. The first kappa shape index (κ1) is 9.71. The van der Waals surface area contributed by atoms with Gasteiger partial charge in [0.25, 0.3) is 0 Å². The summed E-state index contributed by atoms with van der Waals surface area (Å²) in [5, 5.41) is 3.37. The van der Waals surface area contributed by atoms with E-state index in [4.69, 9.17) is 0 Å². The van der Waals surface area contributed by atoms with Crippen LogP contribution in [0.25, 0.3) is 0 Å². The van der Waals surface area contributed by atoms with Gasteiger partial charge in [0.2, 0.25) is 5.91 Å². The molecular formula is C11H18N2O. The molecule has 0 aromatic carbocycles. The minimum Gasteiger partial charge on any atom is -0.338 e. The van der Waals surface area contributed by atoms with Crippen LogP contribution in [0.5, 0.6) is 0 Å². The van der Waals surface area contributed by atoms with Crippen molar-refractivity contribution in [3.63, 3.8) is 0 Å². The standard InChI is InChI=1S/C11H18N2O/c1-2-4-11(14)13-6-3-5-9-7-12-8-10(9)13/h2,9-10,12H,1,3-8H2/t9-,10+/m1/s1. The van der Waals surface area contributed by atoms with E-state index in [1.54, 1.807) is 6.08 Å². The highest BCUT2D eigenvalue weighted by Gasteiger charge is 2.36. The van der Waals surface area contributed by atoms with Gasteiger partial charge in [0.1, 0.15) is 0 Å². The highest BCUT2D eigenvalue weighted by Crippen LogP contribution is 2.26. The van der Waals surface area contributed by atoms with Crippen molar-refractivity contribution in [2.45, 2.75) is 25.3 Å². The summed E-state index contributed by atoms with van der Waals surface area (Å²) < 4.78 is 0. The Morgan fingerprint density at radius 3 is 3.21 bits per heavy atom. The number of rotatable bonds is 2. The van der Waals surface area contributed by atoms with Crippen LogP contribution < -0.4 is 5.32 Å². The van der Waals surface area contributed by atoms with E-state index in [9.17, 15) is 4.79 Å². The molecule has 0 saturated carbocycles. The number of amides is 1. The molecule has 2 aliphatic heterocycles. The van der Waals surface area contributed by atoms with Gasteiger partial charge >= 0.3 is 0 Å². The number of hydrogen-bond donors (Lipinski definition) is 1. The topological polar surface area (TPSA) is 32.3 Å². The molecule has 3 heteroatoms. The van der Waals surface area contributed by atoms with Crippen LogP contribution in [0, 0.1) is 5.92 Å². The van der Waals surface area contributed by atoms with E-state index in [2.05, 4.69) is 16.8 Å². The van der Waals surface area contributed by atoms with Crippen molar-refractivity contribution in [1.82, 2.24) is 10.2 Å². The lowest BCUT2D eigenvalue weighted by molar-refractivity contribution is -0.134. The van der Waals surface area contributed by atoms with Crippen molar-refractivity contribution in [2.75, 3.05) is 19.6 Å². The smallest absolute Gasteiger partial charge is 0.226 e. The fourth-order valence-electron chi connectivity index (χ4n) is 2.62. The summed E-state index contributed by atoms with van der Waals surface area (Å²) in [6.45, 7) is 6.62. The zero-order valence-electron chi connectivity index (χ0n) is 8.54. The van der Waals surface area contributed by atoms with E-state index in [0.717, 1.165) is 26.1 Å². The van der Waals surface area contributed by atoms with Gasteiger partial charge in [0, 0.05) is 32.1 Å². The number of nitrogens with one attached hydrogen (secondary N) is 1. The van der Waals surface area contributed by atoms with E-state index in [1.807, 2.05) is 0 Å². The molecule has 0 bridgehead atoms. The normalized spacial score (nSPS) is 31.3. The summed E-state index contributed by atoms with van der Waals surface area (Å²) in [6.07, 6.45) is 4.62. The number of hydrogen-bond acceptors (Lipinski definition) is 2. The molecule has 2 aliphatic rings. The second kappa shape index (κ2) is 4.13. The Labute approximate surface area is 85.2 Å². The van der Waals surface area contributed by atoms with Crippen LogP contribution in [-0.2, 0) is 4.79 Å². The molecule has 0 radical (unpaired) electrons. The fraction of sp³-hybridized carbons (Fsp3) is 0.727. The van der Waals surface area contributed by atoms with Gasteiger partial charge in [-0.1, -0.05) is 6.08 Å². The molecule has 0 aromatic heterocycles. The molecule has 1 amide bonds. The second-order valence-corrected chi connectivity index (χ2v) is 4.21. The monoisotopic (exact) mass is 194 g/mol. The Morgan fingerprint density at radius 2 is 2.43 bits per heavy atom. The van der Waals surface area contributed by atoms with Crippen molar-refractivity contribution in [2.24, 2.45) is 5.92 Å². The lowest BCUT2D eigenvalue weighted by Crippen LogP contribution is -2.48. The number of likely N-dealkylation sites (tertiary alicyclic amines) is 1. The van der Waals surface area contributed by atoms with E-state index < -0.39 is 0 Å². The molecule has 2 atom stereocenters. The van der Waals surface area contributed by atoms with Gasteiger partial charge in [0.05, 0.1) is 0 Å². The molecule has 3 nitrogen and oxygen atoms in total. The number of carbonyl (C=O) groups excluding carboxylic acids is 1. The molecule has 0 aliphatic carbocycles. The van der Waals surface area contributed by atoms with Crippen molar-refractivity contribution in [3.05, 3.63) is 12.7 Å². The molecule has 0 spiro atoms. The number of nitrogens with zero attached hydrogens (tertiary/aromatic N) is 1. The SMILES string of the molecule is C=CCC(=O)N1CCC[C@@H]2CNC[C@@H]21. The molecule has 0 aromatic rings. The average molecular weight is 194 g/mol. The van der Waals surface area contributed by atoms with Crippen LogP contribution in [-0.4, -0.2) is 36.5 Å². The van der Waals surface area contributed by atoms with Crippen LogP contribution in [0.1, 0.15) is 19.3 Å². The number of fused-ring (bicyclic) bond motifs is 1. The van der Waals surface area contributed by atoms with E-state index in [1.165, 1.54) is 6.42 Å². The Hall–Kier alpha value is -0.830. The van der Waals surface area contributed by atoms with Crippen molar-refractivity contribution in [1.29, 1.82) is 0 Å². The molecule has 2 saturated heterocycles. The Bertz CT molecular complexity index is 239. The van der Waals surface area contributed by atoms with Gasteiger partial charge in [-0.05, 0) is 18.8 Å². The Morgan fingerprint density at radius 1 is 1.57 bits per heavy atom. The highest BCUT2D eigenvalue weighted by atomic mass is 16.2. The van der Waals surface area contributed by atoms with Gasteiger partial charge in [-0.3, -0.25) is 4.79 Å². The summed E-state index contributed by atoms with van der Waals surface area (Å²) in [5.74, 6) is 0.941. The average Bonchev–Trinajstić information content (AvgIpc) is 2.65. The molecule has 1 N–H and O–H groups in total. The summed E-state index contributed by atoms with van der Waals surface area (Å²) >= 11 is 0. The largest absolute Gasteiger partial charge is 0.338 e. The Kier molecular flexibility index (Phi) is 2.87. The number of carbonyl (C=O) groups is 1. The van der Waals surface area contributed by atoms with E-state index in [0.29, 0.717) is 18.4 Å². The predicted octanol–water partition coefficient (Wildman–Crippen LogP) is 0.773. The van der Waals surface area contributed by atoms with Gasteiger partial charge in [-0.25, -0.2) is 0 Å². The predicted molar refractivity (Wildman–Crippen MR) is 55.9 cm³/mol. The number of piperidine rings is 1. The lowest BCUT2D eigenvalue weighted by atomic mass is 9.92. The van der Waals surface area contributed by atoms with E-state index >= 15 is 0 Å². The van der Waals surface area contributed by atoms with Crippen molar-refractivity contribution in [3.8, 4) is 0 Å². The zero-order chi connectivity index (χ0) is 9.97. The summed E-state index contributed by atoms with van der Waals surface area (Å²) in [4.78, 5) is 13.8. The molecule has 78 valence electrons. The molecular weight excluding hydrogens is 176 g/mol. The zero-order valence-corrected chi connectivity index (χ0v) is 8.54. The molecule has 14 heavy (non-hydrogen) atoms. The van der Waals surface area contributed by atoms with Crippen molar-refractivity contribution < 1.29 is 4.79 Å². The van der Waals surface area contributed by atoms with E-state index in [-0.39, 0.29) is 5.91 Å². The van der Waals surface area contributed by atoms with Gasteiger partial charge in [0.15, 0.2) is 0 Å². The molecule has 2 fully saturated rings. The first-order valence-electron chi connectivity index (χ1n) is 5.44. The molecule has 0 unspecified atom stereocenters. The Balaban J connectivity index is 2.02. The molecule has 2 heterocycles. The third kappa shape index (κ3) is 1.69. The lowest BCUT2D eigenvalue weighted by Gasteiger charge is -2.37. The summed E-state index contributed by atoms with van der Waals surface area (Å²) in [5.41, 5.74) is 0. The van der Waals surface area contributed by atoms with Crippen LogP contribution in [0.15, 0.2) is 12.7 Å². The quantitative estimate of drug-likeness (QED) is 0.659.